The highest BCUT2D eigenvalue weighted by Crippen LogP contribution is 2.19. The number of nitrogens with zero attached hydrogens (tertiary/aromatic N) is 1. The minimum Gasteiger partial charge on any atom is -0.316 e. The van der Waals surface area contributed by atoms with Crippen molar-refractivity contribution in [3.63, 3.8) is 0 Å². The summed E-state index contributed by atoms with van der Waals surface area (Å²) in [4.78, 5) is 4.55. The molecule has 0 radical (unpaired) electrons. The van der Waals surface area contributed by atoms with E-state index in [-0.39, 0.29) is 0 Å². The summed E-state index contributed by atoms with van der Waals surface area (Å²) in [7, 11) is 0. The van der Waals surface area contributed by atoms with E-state index in [9.17, 15) is 0 Å². The summed E-state index contributed by atoms with van der Waals surface area (Å²) in [6.07, 6.45) is 1.07. The van der Waals surface area contributed by atoms with Gasteiger partial charge in [0, 0.05) is 11.1 Å². The molecule has 0 amide bonds. The monoisotopic (exact) mass is 228 g/mol. The van der Waals surface area contributed by atoms with Crippen LogP contribution in [-0.2, 0) is 12.2 Å². The van der Waals surface area contributed by atoms with Crippen molar-refractivity contribution in [1.29, 1.82) is 0 Å². The highest BCUT2D eigenvalue weighted by Gasteiger charge is 2.16. The molecule has 1 fully saturated rings. The predicted octanol–water partition coefficient (Wildman–Crippen LogP) is 2.16. The Morgan fingerprint density at radius 2 is 2.50 bits per heavy atom. The zero-order chi connectivity index (χ0) is 9.80. The summed E-state index contributed by atoms with van der Waals surface area (Å²) in [6.45, 7) is 4.59. The molecule has 0 atom stereocenters. The Hall–Kier alpha value is -0.0600. The molecular weight excluding hydrogens is 212 g/mol. The van der Waals surface area contributed by atoms with Crippen molar-refractivity contribution in [2.45, 2.75) is 19.1 Å². The van der Waals surface area contributed by atoms with Crippen LogP contribution in [0.25, 0.3) is 0 Å². The molecule has 14 heavy (non-hydrogen) atoms. The third kappa shape index (κ3) is 2.72. The Bertz CT molecular complexity index is 281. The molecule has 1 aromatic rings. The van der Waals surface area contributed by atoms with E-state index in [4.69, 9.17) is 0 Å². The van der Waals surface area contributed by atoms with Gasteiger partial charge in [-0.15, -0.1) is 11.3 Å². The summed E-state index contributed by atoms with van der Waals surface area (Å²) < 4.78 is 0. The van der Waals surface area contributed by atoms with Gasteiger partial charge in [0.2, 0.25) is 0 Å². The molecule has 1 aliphatic heterocycles. The number of hydrogen-bond donors (Lipinski definition) is 1. The van der Waals surface area contributed by atoms with Crippen molar-refractivity contribution in [3.05, 3.63) is 16.1 Å². The second kappa shape index (κ2) is 5.14. The van der Waals surface area contributed by atoms with Gasteiger partial charge in [0.05, 0.1) is 10.7 Å². The Morgan fingerprint density at radius 1 is 1.64 bits per heavy atom. The van der Waals surface area contributed by atoms with E-state index in [0.29, 0.717) is 0 Å². The third-order valence-corrected chi connectivity index (χ3v) is 4.62. The van der Waals surface area contributed by atoms with Crippen LogP contribution >= 0.6 is 23.1 Å². The molecule has 0 aliphatic carbocycles. The number of aryl methyl sites for hydroxylation is 1. The van der Waals surface area contributed by atoms with Crippen LogP contribution in [0, 0.1) is 5.92 Å². The summed E-state index contributed by atoms with van der Waals surface area (Å²) >= 11 is 3.81. The van der Waals surface area contributed by atoms with Gasteiger partial charge in [-0.25, -0.2) is 4.98 Å². The van der Waals surface area contributed by atoms with E-state index in [1.807, 2.05) is 11.8 Å². The topological polar surface area (TPSA) is 24.9 Å². The number of thioether (sulfide) groups is 1. The standard InChI is InChI=1S/C10H16N2S2/c1-2-10-12-9(7-14-10)6-13-5-8-3-11-4-8/h7-8,11H,2-6H2,1H3. The van der Waals surface area contributed by atoms with Crippen LogP contribution in [0.3, 0.4) is 0 Å². The maximum absolute atomic E-state index is 4.55. The highest BCUT2D eigenvalue weighted by molar-refractivity contribution is 7.98. The molecule has 0 bridgehead atoms. The zero-order valence-corrected chi connectivity index (χ0v) is 10.1. The van der Waals surface area contributed by atoms with Gasteiger partial charge in [0.1, 0.15) is 0 Å². The van der Waals surface area contributed by atoms with E-state index >= 15 is 0 Å². The van der Waals surface area contributed by atoms with Gasteiger partial charge in [-0.1, -0.05) is 6.92 Å². The zero-order valence-electron chi connectivity index (χ0n) is 8.45. The quantitative estimate of drug-likeness (QED) is 0.836. The van der Waals surface area contributed by atoms with E-state index in [1.165, 1.54) is 29.5 Å². The number of thiazole rings is 1. The molecule has 2 nitrogen and oxygen atoms in total. The number of hydrogen-bond acceptors (Lipinski definition) is 4. The molecule has 1 aromatic heterocycles. The Balaban J connectivity index is 1.68. The fraction of sp³-hybridized carbons (Fsp3) is 0.700. The van der Waals surface area contributed by atoms with Crippen molar-refractivity contribution in [3.8, 4) is 0 Å². The van der Waals surface area contributed by atoms with Gasteiger partial charge >= 0.3 is 0 Å². The fourth-order valence-corrected chi connectivity index (χ4v) is 3.27. The molecule has 1 N–H and O–H groups in total. The SMILES string of the molecule is CCc1nc(CSCC2CNC2)cs1. The fourth-order valence-electron chi connectivity index (χ4n) is 1.37. The van der Waals surface area contributed by atoms with Crippen LogP contribution in [0.5, 0.6) is 0 Å². The summed E-state index contributed by atoms with van der Waals surface area (Å²) in [5.41, 5.74) is 1.27. The first-order valence-corrected chi connectivity index (χ1v) is 7.13. The molecule has 1 aliphatic rings. The van der Waals surface area contributed by atoms with Crippen LogP contribution < -0.4 is 5.32 Å². The average molecular weight is 228 g/mol. The van der Waals surface area contributed by atoms with Crippen molar-refractivity contribution < 1.29 is 0 Å². The number of nitrogens with one attached hydrogen (secondary N) is 1. The Labute approximate surface area is 93.5 Å². The number of rotatable bonds is 5. The van der Waals surface area contributed by atoms with Crippen molar-refractivity contribution in [2.75, 3.05) is 18.8 Å². The summed E-state index contributed by atoms with van der Waals surface area (Å²) in [5, 5.41) is 6.76. The van der Waals surface area contributed by atoms with Crippen molar-refractivity contribution >= 4 is 23.1 Å². The van der Waals surface area contributed by atoms with Gasteiger partial charge in [-0.05, 0) is 31.2 Å². The Morgan fingerprint density at radius 3 is 3.07 bits per heavy atom. The molecule has 2 rings (SSSR count). The smallest absolute Gasteiger partial charge is 0.0925 e. The Kier molecular flexibility index (Phi) is 3.84. The van der Waals surface area contributed by atoms with Crippen LogP contribution in [0.15, 0.2) is 5.38 Å². The molecule has 1 saturated heterocycles. The first-order chi connectivity index (χ1) is 6.88. The van der Waals surface area contributed by atoms with Gasteiger partial charge in [-0.2, -0.15) is 11.8 Å². The van der Waals surface area contributed by atoms with Crippen LogP contribution in [0.2, 0.25) is 0 Å². The summed E-state index contributed by atoms with van der Waals surface area (Å²) in [5.74, 6) is 3.28. The molecule has 4 heteroatoms. The van der Waals surface area contributed by atoms with Gasteiger partial charge < -0.3 is 5.32 Å². The van der Waals surface area contributed by atoms with E-state index in [0.717, 1.165) is 18.1 Å². The lowest BCUT2D eigenvalue weighted by Crippen LogP contribution is -2.43. The molecular formula is C10H16N2S2. The first kappa shape index (κ1) is 10.5. The molecule has 0 spiro atoms. The maximum atomic E-state index is 4.55. The normalized spacial score (nSPS) is 16.9. The lowest BCUT2D eigenvalue weighted by atomic mass is 10.1. The average Bonchev–Trinajstić information content (AvgIpc) is 2.57. The predicted molar refractivity (Wildman–Crippen MR) is 64.0 cm³/mol. The van der Waals surface area contributed by atoms with E-state index < -0.39 is 0 Å². The largest absolute Gasteiger partial charge is 0.316 e. The van der Waals surface area contributed by atoms with Crippen LogP contribution in [-0.4, -0.2) is 23.8 Å². The minimum absolute atomic E-state index is 0.907. The van der Waals surface area contributed by atoms with Crippen molar-refractivity contribution in [2.24, 2.45) is 5.92 Å². The van der Waals surface area contributed by atoms with Gasteiger partial charge in [-0.3, -0.25) is 0 Å². The van der Waals surface area contributed by atoms with Gasteiger partial charge in [0.25, 0.3) is 0 Å². The minimum atomic E-state index is 0.907. The lowest BCUT2D eigenvalue weighted by molar-refractivity contribution is 0.385. The lowest BCUT2D eigenvalue weighted by Gasteiger charge is -2.26. The molecule has 0 aromatic carbocycles. The van der Waals surface area contributed by atoms with Crippen molar-refractivity contribution in [1.82, 2.24) is 10.3 Å². The molecule has 0 unspecified atom stereocenters. The molecule has 78 valence electrons. The molecule has 0 saturated carbocycles. The van der Waals surface area contributed by atoms with Crippen LogP contribution in [0.4, 0.5) is 0 Å². The summed E-state index contributed by atoms with van der Waals surface area (Å²) in [6, 6.07) is 0. The maximum Gasteiger partial charge on any atom is 0.0925 e. The van der Waals surface area contributed by atoms with Crippen LogP contribution in [0.1, 0.15) is 17.6 Å². The third-order valence-electron chi connectivity index (χ3n) is 2.37. The molecule has 2 heterocycles. The first-order valence-electron chi connectivity index (χ1n) is 5.10. The van der Waals surface area contributed by atoms with Gasteiger partial charge in [0.15, 0.2) is 0 Å². The number of aromatic nitrogens is 1. The van der Waals surface area contributed by atoms with E-state index in [1.54, 1.807) is 11.3 Å². The second-order valence-corrected chi connectivity index (χ2v) is 5.60. The highest BCUT2D eigenvalue weighted by atomic mass is 32.2. The van der Waals surface area contributed by atoms with E-state index in [2.05, 4.69) is 22.6 Å². The second-order valence-electron chi connectivity index (χ2n) is 3.63.